The maximum Gasteiger partial charge on any atom is 0.306 e. The zero-order valence-corrected chi connectivity index (χ0v) is 13.6. The first-order valence-corrected chi connectivity index (χ1v) is 8.37. The van der Waals surface area contributed by atoms with E-state index in [9.17, 15) is 9.90 Å². The second-order valence-electron chi connectivity index (χ2n) is 5.97. The summed E-state index contributed by atoms with van der Waals surface area (Å²) in [6.07, 6.45) is 6.29. The van der Waals surface area contributed by atoms with Gasteiger partial charge in [-0.3, -0.25) is 4.79 Å². The van der Waals surface area contributed by atoms with Crippen molar-refractivity contribution >= 4 is 21.9 Å². The smallest absolute Gasteiger partial charge is 0.306 e. The van der Waals surface area contributed by atoms with Gasteiger partial charge in [-0.05, 0) is 49.1 Å². The lowest BCUT2D eigenvalue weighted by Gasteiger charge is -2.34. The summed E-state index contributed by atoms with van der Waals surface area (Å²) in [5, 5.41) is 9.46. The molecular weight excluding hydrogens is 316 g/mol. The molecule has 1 aliphatic rings. The number of hydrogen-bond donors (Lipinski definition) is 1. The van der Waals surface area contributed by atoms with E-state index in [1.807, 2.05) is 18.2 Å². The molecular formula is C17H23BrO2. The molecule has 1 aliphatic carbocycles. The lowest BCUT2D eigenvalue weighted by atomic mass is 9.70. The average molecular weight is 339 g/mol. The third-order valence-corrected chi connectivity index (χ3v) is 5.32. The summed E-state index contributed by atoms with van der Waals surface area (Å²) < 4.78 is 1.10. The first-order valence-electron chi connectivity index (χ1n) is 7.58. The fourth-order valence-electron chi connectivity index (χ4n) is 3.53. The Kier molecular flexibility index (Phi) is 5.64. The lowest BCUT2D eigenvalue weighted by molar-refractivity contribution is -0.145. The van der Waals surface area contributed by atoms with Crippen molar-refractivity contribution in [2.45, 2.75) is 45.4 Å². The maximum atomic E-state index is 11.5. The van der Waals surface area contributed by atoms with Gasteiger partial charge in [-0.25, -0.2) is 0 Å². The SMILES string of the molecule is CCCC1CCC(C(=O)O)C(Cc2ccccc2Br)C1. The Hall–Kier alpha value is -0.830. The zero-order chi connectivity index (χ0) is 14.5. The molecule has 110 valence electrons. The van der Waals surface area contributed by atoms with Crippen LogP contribution in [0.1, 0.15) is 44.6 Å². The molecule has 3 unspecified atom stereocenters. The summed E-state index contributed by atoms with van der Waals surface area (Å²) in [5.74, 6) is 0.201. The molecule has 0 radical (unpaired) electrons. The Morgan fingerprint density at radius 1 is 1.35 bits per heavy atom. The molecule has 3 atom stereocenters. The Morgan fingerprint density at radius 2 is 2.10 bits per heavy atom. The van der Waals surface area contributed by atoms with Crippen molar-refractivity contribution in [2.24, 2.45) is 17.8 Å². The van der Waals surface area contributed by atoms with Crippen LogP contribution in [-0.4, -0.2) is 11.1 Å². The fourth-order valence-corrected chi connectivity index (χ4v) is 3.98. The Labute approximate surface area is 129 Å². The number of carbonyl (C=O) groups is 1. The van der Waals surface area contributed by atoms with Crippen LogP contribution >= 0.6 is 15.9 Å². The molecule has 1 saturated carbocycles. The van der Waals surface area contributed by atoms with E-state index in [-0.39, 0.29) is 11.8 Å². The van der Waals surface area contributed by atoms with Crippen LogP contribution in [0.2, 0.25) is 0 Å². The largest absolute Gasteiger partial charge is 0.481 e. The minimum atomic E-state index is -0.614. The normalized spacial score (nSPS) is 26.4. The monoisotopic (exact) mass is 338 g/mol. The van der Waals surface area contributed by atoms with E-state index >= 15 is 0 Å². The molecule has 0 bridgehead atoms. The molecule has 0 heterocycles. The topological polar surface area (TPSA) is 37.3 Å². The van der Waals surface area contributed by atoms with Crippen molar-refractivity contribution in [3.8, 4) is 0 Å². The molecule has 0 spiro atoms. The Bertz CT molecular complexity index is 458. The third-order valence-electron chi connectivity index (χ3n) is 4.55. The summed E-state index contributed by atoms with van der Waals surface area (Å²) in [4.78, 5) is 11.5. The van der Waals surface area contributed by atoms with Gasteiger partial charge < -0.3 is 5.11 Å². The molecule has 2 nitrogen and oxygen atoms in total. The van der Waals surface area contributed by atoms with E-state index < -0.39 is 5.97 Å². The Balaban J connectivity index is 2.11. The van der Waals surface area contributed by atoms with E-state index in [1.165, 1.54) is 18.4 Å². The molecule has 0 aliphatic heterocycles. The van der Waals surface area contributed by atoms with E-state index in [0.29, 0.717) is 5.92 Å². The van der Waals surface area contributed by atoms with Gasteiger partial charge in [-0.2, -0.15) is 0 Å². The van der Waals surface area contributed by atoms with Crippen molar-refractivity contribution in [3.05, 3.63) is 34.3 Å². The summed E-state index contributed by atoms with van der Waals surface area (Å²) in [6.45, 7) is 2.21. The van der Waals surface area contributed by atoms with Gasteiger partial charge in [0.2, 0.25) is 0 Å². The highest BCUT2D eigenvalue weighted by Crippen LogP contribution is 2.39. The molecule has 3 heteroatoms. The molecule has 1 aromatic rings. The number of carboxylic acids is 1. The molecule has 1 aromatic carbocycles. The first kappa shape index (κ1) is 15.6. The van der Waals surface area contributed by atoms with Gasteiger partial charge in [0.1, 0.15) is 0 Å². The third kappa shape index (κ3) is 3.85. The zero-order valence-electron chi connectivity index (χ0n) is 12.0. The van der Waals surface area contributed by atoms with Crippen LogP contribution in [0.3, 0.4) is 0 Å². The van der Waals surface area contributed by atoms with Gasteiger partial charge in [0.25, 0.3) is 0 Å². The molecule has 2 rings (SSSR count). The molecule has 20 heavy (non-hydrogen) atoms. The molecule has 1 N–H and O–H groups in total. The molecule has 0 aromatic heterocycles. The predicted octanol–water partition coefficient (Wildman–Crippen LogP) is 4.91. The first-order chi connectivity index (χ1) is 9.61. The van der Waals surface area contributed by atoms with Gasteiger partial charge in [-0.1, -0.05) is 53.9 Å². The van der Waals surface area contributed by atoms with Crippen LogP contribution in [0.25, 0.3) is 0 Å². The number of benzene rings is 1. The number of hydrogen-bond acceptors (Lipinski definition) is 1. The van der Waals surface area contributed by atoms with Crippen LogP contribution < -0.4 is 0 Å². The van der Waals surface area contributed by atoms with E-state index in [1.54, 1.807) is 0 Å². The average Bonchev–Trinajstić information content (AvgIpc) is 2.42. The van der Waals surface area contributed by atoms with E-state index in [4.69, 9.17) is 0 Å². The van der Waals surface area contributed by atoms with Crippen LogP contribution in [0.5, 0.6) is 0 Å². The predicted molar refractivity (Wildman–Crippen MR) is 84.7 cm³/mol. The number of halogens is 1. The van der Waals surface area contributed by atoms with E-state index in [2.05, 4.69) is 28.9 Å². The second kappa shape index (κ2) is 7.26. The number of rotatable bonds is 5. The van der Waals surface area contributed by atoms with Gasteiger partial charge in [0, 0.05) is 4.47 Å². The van der Waals surface area contributed by atoms with Gasteiger partial charge in [-0.15, -0.1) is 0 Å². The summed E-state index contributed by atoms with van der Waals surface area (Å²) in [5.41, 5.74) is 1.24. The highest BCUT2D eigenvalue weighted by Gasteiger charge is 2.34. The van der Waals surface area contributed by atoms with Crippen molar-refractivity contribution in [1.82, 2.24) is 0 Å². The summed E-state index contributed by atoms with van der Waals surface area (Å²) in [6, 6.07) is 8.18. The summed E-state index contributed by atoms with van der Waals surface area (Å²) >= 11 is 3.58. The minimum absolute atomic E-state index is 0.171. The molecule has 1 fully saturated rings. The lowest BCUT2D eigenvalue weighted by Crippen LogP contribution is -2.32. The number of aliphatic carboxylic acids is 1. The van der Waals surface area contributed by atoms with E-state index in [0.717, 1.165) is 30.2 Å². The van der Waals surface area contributed by atoms with Gasteiger partial charge in [0.15, 0.2) is 0 Å². The highest BCUT2D eigenvalue weighted by atomic mass is 79.9. The van der Waals surface area contributed by atoms with Crippen LogP contribution in [0.15, 0.2) is 28.7 Å². The highest BCUT2D eigenvalue weighted by molar-refractivity contribution is 9.10. The standard InChI is InChI=1S/C17H23BrO2/c1-2-5-12-8-9-15(17(19)20)14(10-12)11-13-6-3-4-7-16(13)18/h3-4,6-7,12,14-15H,2,5,8-11H2,1H3,(H,19,20). The maximum absolute atomic E-state index is 11.5. The summed E-state index contributed by atoms with van der Waals surface area (Å²) in [7, 11) is 0. The Morgan fingerprint density at radius 3 is 2.75 bits per heavy atom. The van der Waals surface area contributed by atoms with Crippen molar-refractivity contribution in [2.75, 3.05) is 0 Å². The fraction of sp³-hybridized carbons (Fsp3) is 0.588. The minimum Gasteiger partial charge on any atom is -0.481 e. The van der Waals surface area contributed by atoms with Crippen molar-refractivity contribution in [3.63, 3.8) is 0 Å². The van der Waals surface area contributed by atoms with Gasteiger partial charge in [0.05, 0.1) is 5.92 Å². The van der Waals surface area contributed by atoms with Crippen LogP contribution in [0, 0.1) is 17.8 Å². The number of carboxylic acid groups (broad SMARTS) is 1. The van der Waals surface area contributed by atoms with Crippen molar-refractivity contribution in [1.29, 1.82) is 0 Å². The molecule has 0 saturated heterocycles. The van der Waals surface area contributed by atoms with Crippen LogP contribution in [0.4, 0.5) is 0 Å². The van der Waals surface area contributed by atoms with Crippen LogP contribution in [-0.2, 0) is 11.2 Å². The quantitative estimate of drug-likeness (QED) is 0.828. The van der Waals surface area contributed by atoms with Crippen molar-refractivity contribution < 1.29 is 9.90 Å². The van der Waals surface area contributed by atoms with Gasteiger partial charge >= 0.3 is 5.97 Å². The molecule has 0 amide bonds. The second-order valence-corrected chi connectivity index (χ2v) is 6.82.